The van der Waals surface area contributed by atoms with Gasteiger partial charge >= 0.3 is 0 Å². The molecule has 2 rings (SSSR count). The van der Waals surface area contributed by atoms with Crippen LogP contribution in [0.3, 0.4) is 0 Å². The number of aromatic nitrogens is 2. The van der Waals surface area contributed by atoms with Crippen LogP contribution in [0.5, 0.6) is 0 Å². The SMILES string of the molecule is CC(c1cccc(Cl)c1)N(C)c1nccc(C#N)n1. The maximum Gasteiger partial charge on any atom is 0.226 e. The van der Waals surface area contributed by atoms with Crippen LogP contribution >= 0.6 is 11.6 Å². The lowest BCUT2D eigenvalue weighted by atomic mass is 10.1. The van der Waals surface area contributed by atoms with Crippen molar-refractivity contribution in [1.82, 2.24) is 9.97 Å². The van der Waals surface area contributed by atoms with E-state index in [1.807, 2.05) is 49.2 Å². The van der Waals surface area contributed by atoms with Gasteiger partial charge < -0.3 is 4.90 Å². The predicted molar refractivity (Wildman–Crippen MR) is 75.0 cm³/mol. The summed E-state index contributed by atoms with van der Waals surface area (Å²) in [5, 5.41) is 9.56. The van der Waals surface area contributed by atoms with Crippen molar-refractivity contribution in [2.75, 3.05) is 11.9 Å². The van der Waals surface area contributed by atoms with Crippen LogP contribution in [0.25, 0.3) is 0 Å². The Morgan fingerprint density at radius 1 is 1.37 bits per heavy atom. The van der Waals surface area contributed by atoms with Crippen molar-refractivity contribution < 1.29 is 0 Å². The highest BCUT2D eigenvalue weighted by Gasteiger charge is 2.15. The molecule has 0 amide bonds. The number of anilines is 1. The molecule has 2 aromatic rings. The molecule has 0 aliphatic rings. The van der Waals surface area contributed by atoms with Crippen LogP contribution in [0.2, 0.25) is 5.02 Å². The zero-order chi connectivity index (χ0) is 13.8. The van der Waals surface area contributed by atoms with Crippen molar-refractivity contribution in [2.45, 2.75) is 13.0 Å². The van der Waals surface area contributed by atoms with Gasteiger partial charge in [0, 0.05) is 18.3 Å². The van der Waals surface area contributed by atoms with Crippen LogP contribution < -0.4 is 4.90 Å². The van der Waals surface area contributed by atoms with E-state index in [0.717, 1.165) is 5.56 Å². The van der Waals surface area contributed by atoms with E-state index in [-0.39, 0.29) is 6.04 Å². The van der Waals surface area contributed by atoms with Gasteiger partial charge in [0.05, 0.1) is 6.04 Å². The van der Waals surface area contributed by atoms with Gasteiger partial charge in [0.25, 0.3) is 0 Å². The number of hydrogen-bond donors (Lipinski definition) is 0. The first kappa shape index (κ1) is 13.3. The third-order valence-corrected chi connectivity index (χ3v) is 3.22. The van der Waals surface area contributed by atoms with Gasteiger partial charge in [0.2, 0.25) is 5.95 Å². The third kappa shape index (κ3) is 3.01. The maximum absolute atomic E-state index is 8.86. The Morgan fingerprint density at radius 2 is 2.16 bits per heavy atom. The molecule has 0 saturated heterocycles. The minimum atomic E-state index is 0.0626. The Hall–Kier alpha value is -2.12. The lowest BCUT2D eigenvalue weighted by Crippen LogP contribution is -2.23. The molecule has 0 N–H and O–H groups in total. The summed E-state index contributed by atoms with van der Waals surface area (Å²) in [6.45, 7) is 2.04. The van der Waals surface area contributed by atoms with E-state index in [4.69, 9.17) is 16.9 Å². The van der Waals surface area contributed by atoms with Crippen LogP contribution in [-0.2, 0) is 0 Å². The zero-order valence-corrected chi connectivity index (χ0v) is 11.5. The summed E-state index contributed by atoms with van der Waals surface area (Å²) in [5.41, 5.74) is 1.43. The summed E-state index contributed by atoms with van der Waals surface area (Å²) < 4.78 is 0. The molecule has 1 aromatic carbocycles. The van der Waals surface area contributed by atoms with E-state index in [1.165, 1.54) is 0 Å². The molecule has 0 aliphatic carbocycles. The lowest BCUT2D eigenvalue weighted by Gasteiger charge is -2.25. The van der Waals surface area contributed by atoms with E-state index >= 15 is 0 Å². The van der Waals surface area contributed by atoms with Crippen molar-refractivity contribution in [3.63, 3.8) is 0 Å². The van der Waals surface area contributed by atoms with Gasteiger partial charge in [-0.3, -0.25) is 0 Å². The minimum Gasteiger partial charge on any atom is -0.337 e. The molecule has 1 unspecified atom stereocenters. The standard InChI is InChI=1S/C14H13ClN4/c1-10(11-4-3-5-12(15)8-11)19(2)14-17-7-6-13(9-16)18-14/h3-8,10H,1-2H3. The fourth-order valence-electron chi connectivity index (χ4n) is 1.74. The van der Waals surface area contributed by atoms with Crippen molar-refractivity contribution >= 4 is 17.5 Å². The molecule has 0 radical (unpaired) electrons. The summed E-state index contributed by atoms with van der Waals surface area (Å²) in [6, 6.07) is 11.3. The Labute approximate surface area is 117 Å². The second-order valence-corrected chi connectivity index (χ2v) is 4.63. The van der Waals surface area contributed by atoms with E-state index < -0.39 is 0 Å². The van der Waals surface area contributed by atoms with Crippen LogP contribution in [0.4, 0.5) is 5.95 Å². The number of nitriles is 1. The van der Waals surface area contributed by atoms with E-state index in [9.17, 15) is 0 Å². The average Bonchev–Trinajstić information content (AvgIpc) is 2.45. The monoisotopic (exact) mass is 272 g/mol. The molecule has 0 saturated carbocycles. The molecule has 19 heavy (non-hydrogen) atoms. The first-order valence-corrected chi connectivity index (χ1v) is 6.21. The summed E-state index contributed by atoms with van der Waals surface area (Å²) in [7, 11) is 1.89. The van der Waals surface area contributed by atoms with Crippen LogP contribution in [0.1, 0.15) is 24.2 Å². The zero-order valence-electron chi connectivity index (χ0n) is 10.7. The Balaban J connectivity index is 2.28. The molecular formula is C14H13ClN4. The molecule has 96 valence electrons. The van der Waals surface area contributed by atoms with Gasteiger partial charge in [0.15, 0.2) is 0 Å². The molecular weight excluding hydrogens is 260 g/mol. The molecule has 5 heteroatoms. The topological polar surface area (TPSA) is 52.8 Å². The van der Waals surface area contributed by atoms with E-state index in [1.54, 1.807) is 12.3 Å². The summed E-state index contributed by atoms with van der Waals surface area (Å²) in [6.07, 6.45) is 1.59. The first-order valence-electron chi connectivity index (χ1n) is 5.83. The number of halogens is 1. The van der Waals surface area contributed by atoms with Crippen LogP contribution in [0, 0.1) is 11.3 Å². The third-order valence-electron chi connectivity index (χ3n) is 2.98. The van der Waals surface area contributed by atoms with Crippen LogP contribution in [-0.4, -0.2) is 17.0 Å². The smallest absolute Gasteiger partial charge is 0.226 e. The van der Waals surface area contributed by atoms with Gasteiger partial charge in [-0.25, -0.2) is 9.97 Å². The molecule has 1 atom stereocenters. The molecule has 0 aliphatic heterocycles. The fourth-order valence-corrected chi connectivity index (χ4v) is 1.94. The predicted octanol–water partition coefficient (Wildman–Crippen LogP) is 3.20. The van der Waals surface area contributed by atoms with Gasteiger partial charge in [-0.2, -0.15) is 5.26 Å². The van der Waals surface area contributed by atoms with Gasteiger partial charge in [-0.1, -0.05) is 23.7 Å². The lowest BCUT2D eigenvalue weighted by molar-refractivity contribution is 0.714. The Morgan fingerprint density at radius 3 is 2.84 bits per heavy atom. The number of nitrogens with zero attached hydrogens (tertiary/aromatic N) is 4. The maximum atomic E-state index is 8.86. The number of hydrogen-bond acceptors (Lipinski definition) is 4. The molecule has 0 spiro atoms. The summed E-state index contributed by atoms with van der Waals surface area (Å²) >= 11 is 5.99. The van der Waals surface area contributed by atoms with Crippen molar-refractivity contribution in [1.29, 1.82) is 5.26 Å². The molecule has 4 nitrogen and oxygen atoms in total. The quantitative estimate of drug-likeness (QED) is 0.861. The summed E-state index contributed by atoms with van der Waals surface area (Å²) in [4.78, 5) is 10.3. The fraction of sp³-hybridized carbons (Fsp3) is 0.214. The second-order valence-electron chi connectivity index (χ2n) is 4.20. The Bertz CT molecular complexity index is 621. The normalized spacial score (nSPS) is 11.7. The van der Waals surface area contributed by atoms with E-state index in [0.29, 0.717) is 16.7 Å². The Kier molecular flexibility index (Phi) is 3.98. The minimum absolute atomic E-state index is 0.0626. The van der Waals surface area contributed by atoms with Gasteiger partial charge in [-0.05, 0) is 30.7 Å². The molecule has 1 heterocycles. The van der Waals surface area contributed by atoms with Crippen LogP contribution in [0.15, 0.2) is 36.5 Å². The largest absolute Gasteiger partial charge is 0.337 e. The van der Waals surface area contributed by atoms with E-state index in [2.05, 4.69) is 9.97 Å². The van der Waals surface area contributed by atoms with Gasteiger partial charge in [0.1, 0.15) is 11.8 Å². The van der Waals surface area contributed by atoms with Crippen molar-refractivity contribution in [3.05, 3.63) is 52.8 Å². The van der Waals surface area contributed by atoms with Gasteiger partial charge in [-0.15, -0.1) is 0 Å². The number of benzene rings is 1. The average molecular weight is 273 g/mol. The molecule has 0 fully saturated rings. The second kappa shape index (κ2) is 5.68. The highest BCUT2D eigenvalue weighted by molar-refractivity contribution is 6.30. The van der Waals surface area contributed by atoms with Crippen molar-refractivity contribution in [2.24, 2.45) is 0 Å². The highest BCUT2D eigenvalue weighted by Crippen LogP contribution is 2.24. The number of rotatable bonds is 3. The van der Waals surface area contributed by atoms with Crippen molar-refractivity contribution in [3.8, 4) is 6.07 Å². The highest BCUT2D eigenvalue weighted by atomic mass is 35.5. The first-order chi connectivity index (χ1) is 9.11. The molecule has 0 bridgehead atoms. The summed E-state index contributed by atoms with van der Waals surface area (Å²) in [5.74, 6) is 0.520. The molecule has 1 aromatic heterocycles.